The van der Waals surface area contributed by atoms with Crippen LogP contribution >= 0.6 is 0 Å². The molecule has 21 heavy (non-hydrogen) atoms. The van der Waals surface area contributed by atoms with E-state index in [9.17, 15) is 10.1 Å². The molecule has 0 amide bonds. The Labute approximate surface area is 123 Å². The lowest BCUT2D eigenvalue weighted by atomic mass is 9.88. The molecule has 1 aromatic carbocycles. The highest BCUT2D eigenvalue weighted by Crippen LogP contribution is 2.29. The van der Waals surface area contributed by atoms with Gasteiger partial charge in [0.15, 0.2) is 0 Å². The second-order valence-electron chi connectivity index (χ2n) is 5.39. The van der Waals surface area contributed by atoms with Crippen LogP contribution in [-0.4, -0.2) is 29.9 Å². The van der Waals surface area contributed by atoms with E-state index in [2.05, 4.69) is 0 Å². The summed E-state index contributed by atoms with van der Waals surface area (Å²) in [5.74, 6) is 0.988. The first-order chi connectivity index (χ1) is 10.1. The second kappa shape index (κ2) is 7.38. The third-order valence-electron chi connectivity index (χ3n) is 4.00. The van der Waals surface area contributed by atoms with Crippen LogP contribution in [-0.2, 0) is 11.3 Å². The number of benzene rings is 1. The van der Waals surface area contributed by atoms with E-state index in [-0.39, 0.29) is 18.4 Å². The molecule has 1 aliphatic carbocycles. The van der Waals surface area contributed by atoms with Crippen LogP contribution in [0.15, 0.2) is 18.2 Å². The summed E-state index contributed by atoms with van der Waals surface area (Å²) in [6, 6.07) is 4.52. The fourth-order valence-electron chi connectivity index (χ4n) is 2.68. The van der Waals surface area contributed by atoms with Gasteiger partial charge in [-0.05, 0) is 37.7 Å². The molecule has 1 fully saturated rings. The summed E-state index contributed by atoms with van der Waals surface area (Å²) in [6.07, 6.45) is 3.92. The number of rotatable bonds is 6. The van der Waals surface area contributed by atoms with E-state index in [1.807, 2.05) is 0 Å². The fourth-order valence-corrected chi connectivity index (χ4v) is 2.68. The van der Waals surface area contributed by atoms with Crippen LogP contribution in [0.3, 0.4) is 0 Å². The number of ether oxygens (including phenoxy) is 2. The number of nitrogens with zero attached hydrogens (tertiary/aromatic N) is 1. The highest BCUT2D eigenvalue weighted by atomic mass is 16.6. The van der Waals surface area contributed by atoms with Crippen LogP contribution in [0.1, 0.15) is 31.2 Å². The van der Waals surface area contributed by atoms with Crippen molar-refractivity contribution in [2.24, 2.45) is 5.92 Å². The van der Waals surface area contributed by atoms with Gasteiger partial charge in [-0.25, -0.2) is 0 Å². The van der Waals surface area contributed by atoms with Gasteiger partial charge in [-0.1, -0.05) is 0 Å². The number of aliphatic hydroxyl groups is 1. The van der Waals surface area contributed by atoms with Crippen LogP contribution in [0.25, 0.3) is 0 Å². The molecule has 0 aromatic heterocycles. The van der Waals surface area contributed by atoms with Gasteiger partial charge in [-0.2, -0.15) is 0 Å². The third kappa shape index (κ3) is 4.15. The van der Waals surface area contributed by atoms with Crippen molar-refractivity contribution in [1.29, 1.82) is 0 Å². The van der Waals surface area contributed by atoms with Crippen LogP contribution in [0.2, 0.25) is 0 Å². The summed E-state index contributed by atoms with van der Waals surface area (Å²) in [5, 5.41) is 19.9. The minimum Gasteiger partial charge on any atom is -0.496 e. The number of methoxy groups -OCH3 is 1. The van der Waals surface area contributed by atoms with Crippen molar-refractivity contribution in [3.63, 3.8) is 0 Å². The van der Waals surface area contributed by atoms with Crippen LogP contribution in [0.4, 0.5) is 5.69 Å². The average molecular weight is 295 g/mol. The third-order valence-corrected chi connectivity index (χ3v) is 4.00. The molecule has 0 atom stereocenters. The van der Waals surface area contributed by atoms with E-state index in [4.69, 9.17) is 14.6 Å². The van der Waals surface area contributed by atoms with Gasteiger partial charge in [0.1, 0.15) is 5.75 Å². The van der Waals surface area contributed by atoms with E-state index in [1.54, 1.807) is 6.07 Å². The Balaban J connectivity index is 1.96. The molecule has 0 spiro atoms. The van der Waals surface area contributed by atoms with Gasteiger partial charge in [0, 0.05) is 24.3 Å². The van der Waals surface area contributed by atoms with E-state index < -0.39 is 4.92 Å². The van der Waals surface area contributed by atoms with Crippen molar-refractivity contribution < 1.29 is 19.5 Å². The first-order valence-corrected chi connectivity index (χ1v) is 7.17. The van der Waals surface area contributed by atoms with Crippen molar-refractivity contribution >= 4 is 5.69 Å². The molecule has 0 unspecified atom stereocenters. The number of non-ortho nitro benzene ring substituents is 1. The zero-order chi connectivity index (χ0) is 15.2. The molecule has 116 valence electrons. The molecule has 6 heteroatoms. The van der Waals surface area contributed by atoms with Crippen molar-refractivity contribution in [3.8, 4) is 5.75 Å². The van der Waals surface area contributed by atoms with Crippen molar-refractivity contribution in [2.75, 3.05) is 13.7 Å². The average Bonchev–Trinajstić information content (AvgIpc) is 2.53. The molecular weight excluding hydrogens is 274 g/mol. The zero-order valence-electron chi connectivity index (χ0n) is 12.2. The smallest absolute Gasteiger partial charge is 0.270 e. The predicted molar refractivity (Wildman–Crippen MR) is 77.3 cm³/mol. The minimum atomic E-state index is -0.421. The quantitative estimate of drug-likeness (QED) is 0.644. The van der Waals surface area contributed by atoms with Gasteiger partial charge >= 0.3 is 0 Å². The van der Waals surface area contributed by atoms with Crippen molar-refractivity contribution in [3.05, 3.63) is 33.9 Å². The summed E-state index contributed by atoms with van der Waals surface area (Å²) in [4.78, 5) is 10.4. The van der Waals surface area contributed by atoms with Gasteiger partial charge in [-0.3, -0.25) is 10.1 Å². The first-order valence-electron chi connectivity index (χ1n) is 7.17. The summed E-state index contributed by atoms with van der Waals surface area (Å²) < 4.78 is 11.1. The van der Waals surface area contributed by atoms with Gasteiger partial charge in [0.2, 0.25) is 0 Å². The molecule has 1 aromatic rings. The topological polar surface area (TPSA) is 81.8 Å². The summed E-state index contributed by atoms with van der Waals surface area (Å²) in [7, 11) is 1.54. The Kier molecular flexibility index (Phi) is 5.52. The summed E-state index contributed by atoms with van der Waals surface area (Å²) >= 11 is 0. The van der Waals surface area contributed by atoms with Gasteiger partial charge in [0.05, 0.1) is 24.7 Å². The number of nitro groups is 1. The molecule has 0 saturated heterocycles. The molecule has 0 aliphatic heterocycles. The Bertz CT molecular complexity index is 483. The standard InChI is InChI=1S/C15H21NO5/c1-20-15-7-4-13(16(18)19)8-12(15)10-21-14-5-2-11(9-17)3-6-14/h4,7-8,11,14,17H,2-3,5-6,9-10H2,1H3. The molecule has 1 aliphatic rings. The molecule has 6 nitrogen and oxygen atoms in total. The lowest BCUT2D eigenvalue weighted by molar-refractivity contribution is -0.385. The molecule has 1 saturated carbocycles. The van der Waals surface area contributed by atoms with Crippen LogP contribution < -0.4 is 4.74 Å². The maximum atomic E-state index is 10.8. The van der Waals surface area contributed by atoms with Crippen molar-refractivity contribution in [2.45, 2.75) is 38.4 Å². The Morgan fingerprint density at radius 3 is 2.62 bits per heavy atom. The van der Waals surface area contributed by atoms with Gasteiger partial charge in [0.25, 0.3) is 5.69 Å². The fraction of sp³-hybridized carbons (Fsp3) is 0.600. The van der Waals surface area contributed by atoms with E-state index >= 15 is 0 Å². The number of hydrogen-bond acceptors (Lipinski definition) is 5. The first kappa shape index (κ1) is 15.7. The number of hydrogen-bond donors (Lipinski definition) is 1. The maximum absolute atomic E-state index is 10.8. The largest absolute Gasteiger partial charge is 0.496 e. The van der Waals surface area contributed by atoms with E-state index in [0.717, 1.165) is 25.7 Å². The number of aliphatic hydroxyl groups excluding tert-OH is 1. The van der Waals surface area contributed by atoms with Gasteiger partial charge < -0.3 is 14.6 Å². The molecule has 0 heterocycles. The summed E-state index contributed by atoms with van der Waals surface area (Å²) in [6.45, 7) is 0.546. The minimum absolute atomic E-state index is 0.0402. The monoisotopic (exact) mass is 295 g/mol. The highest BCUT2D eigenvalue weighted by molar-refractivity contribution is 5.43. The Hall–Kier alpha value is -1.66. The SMILES string of the molecule is COc1ccc([N+](=O)[O-])cc1COC1CCC(CO)CC1. The molecular formula is C15H21NO5. The lowest BCUT2D eigenvalue weighted by Crippen LogP contribution is -2.23. The second-order valence-corrected chi connectivity index (χ2v) is 5.39. The van der Waals surface area contributed by atoms with Crippen LogP contribution in [0.5, 0.6) is 5.75 Å². The molecule has 0 bridgehead atoms. The number of nitro benzene ring substituents is 1. The molecule has 0 radical (unpaired) electrons. The van der Waals surface area contributed by atoms with E-state index in [1.165, 1.54) is 19.2 Å². The lowest BCUT2D eigenvalue weighted by Gasteiger charge is -2.27. The molecule has 2 rings (SSSR count). The molecule has 1 N–H and O–H groups in total. The maximum Gasteiger partial charge on any atom is 0.270 e. The zero-order valence-corrected chi connectivity index (χ0v) is 12.2. The summed E-state index contributed by atoms with van der Waals surface area (Å²) in [5.41, 5.74) is 0.731. The highest BCUT2D eigenvalue weighted by Gasteiger charge is 2.21. The predicted octanol–water partition coefficient (Wildman–Crippen LogP) is 2.67. The van der Waals surface area contributed by atoms with Gasteiger partial charge in [-0.15, -0.1) is 0 Å². The van der Waals surface area contributed by atoms with E-state index in [0.29, 0.717) is 23.8 Å². The normalized spacial score (nSPS) is 22.0. The van der Waals surface area contributed by atoms with Crippen molar-refractivity contribution in [1.82, 2.24) is 0 Å². The van der Waals surface area contributed by atoms with Crippen LogP contribution in [0, 0.1) is 16.0 Å². The Morgan fingerprint density at radius 1 is 1.33 bits per heavy atom. The Morgan fingerprint density at radius 2 is 2.05 bits per heavy atom.